The highest BCUT2D eigenvalue weighted by Crippen LogP contribution is 2.54. The monoisotopic (exact) mass is 593 g/mol. The van der Waals surface area contributed by atoms with Crippen molar-refractivity contribution in [3.05, 3.63) is 95.1 Å². The van der Waals surface area contributed by atoms with Crippen molar-refractivity contribution in [2.75, 3.05) is 23.0 Å². The van der Waals surface area contributed by atoms with E-state index in [0.29, 0.717) is 38.9 Å². The third-order valence-corrected chi connectivity index (χ3v) is 10.0. The molecular weight excluding hydrogens is 554 g/mol. The Kier molecular flexibility index (Phi) is 7.50. The molecule has 0 aliphatic carbocycles. The van der Waals surface area contributed by atoms with Crippen LogP contribution in [0.25, 0.3) is 0 Å². The Bertz CT molecular complexity index is 1590. The average Bonchev–Trinajstić information content (AvgIpc) is 3.49. The van der Waals surface area contributed by atoms with E-state index in [9.17, 15) is 19.5 Å². The lowest BCUT2D eigenvalue weighted by atomic mass is 9.82. The third kappa shape index (κ3) is 4.81. The summed E-state index contributed by atoms with van der Waals surface area (Å²) in [6, 6.07) is 23.5. The largest absolute Gasteiger partial charge is 0.394 e. The minimum absolute atomic E-state index is 0.0766. The van der Waals surface area contributed by atoms with Crippen molar-refractivity contribution in [2.45, 2.75) is 76.3 Å². The fourth-order valence-corrected chi connectivity index (χ4v) is 7.71. The van der Waals surface area contributed by atoms with Crippen LogP contribution in [0.2, 0.25) is 0 Å². The van der Waals surface area contributed by atoms with Crippen molar-refractivity contribution >= 4 is 29.1 Å². The minimum atomic E-state index is -1.24. The molecule has 3 amide bonds. The molecule has 2 saturated heterocycles. The molecule has 1 N–H and O–H groups in total. The van der Waals surface area contributed by atoms with Gasteiger partial charge in [-0.15, -0.1) is 0 Å². The number of aliphatic hydroxyl groups is 1. The molecule has 3 aromatic carbocycles. The van der Waals surface area contributed by atoms with E-state index >= 15 is 0 Å². The molecule has 44 heavy (non-hydrogen) atoms. The SMILES string of the molecule is C[C@@H]1C[C@H](CC(=O)N2Cc3ccccc3C[C@H]2CO)O[C@@]12C(=O)N(Cc1ccccc1)c1ccc(N3CCCCC3=O)cc12. The number of piperidine rings is 1. The Balaban J connectivity index is 1.19. The van der Waals surface area contributed by atoms with Gasteiger partial charge in [-0.3, -0.25) is 14.4 Å². The van der Waals surface area contributed by atoms with Gasteiger partial charge >= 0.3 is 0 Å². The number of benzene rings is 3. The van der Waals surface area contributed by atoms with Gasteiger partial charge in [0.1, 0.15) is 0 Å². The highest BCUT2D eigenvalue weighted by molar-refractivity contribution is 6.08. The van der Waals surface area contributed by atoms with Crippen molar-refractivity contribution in [3.8, 4) is 0 Å². The number of hydrogen-bond acceptors (Lipinski definition) is 5. The lowest BCUT2D eigenvalue weighted by Gasteiger charge is -2.36. The predicted octanol–water partition coefficient (Wildman–Crippen LogP) is 4.71. The van der Waals surface area contributed by atoms with Crippen LogP contribution in [0, 0.1) is 5.92 Å². The Hall–Kier alpha value is -4.01. The highest BCUT2D eigenvalue weighted by Gasteiger charge is 2.60. The zero-order chi connectivity index (χ0) is 30.4. The number of carbonyl (C=O) groups is 3. The van der Waals surface area contributed by atoms with Gasteiger partial charge in [0.05, 0.1) is 37.4 Å². The van der Waals surface area contributed by atoms with Crippen LogP contribution in [-0.4, -0.2) is 53.0 Å². The van der Waals surface area contributed by atoms with E-state index in [1.807, 2.05) is 78.6 Å². The van der Waals surface area contributed by atoms with Gasteiger partial charge in [-0.1, -0.05) is 61.5 Å². The molecule has 0 unspecified atom stereocenters. The van der Waals surface area contributed by atoms with Crippen molar-refractivity contribution in [3.63, 3.8) is 0 Å². The second kappa shape index (κ2) is 11.5. The van der Waals surface area contributed by atoms with Gasteiger partial charge < -0.3 is 24.5 Å². The number of anilines is 2. The summed E-state index contributed by atoms with van der Waals surface area (Å²) in [5.41, 5.74) is 4.38. The van der Waals surface area contributed by atoms with E-state index in [-0.39, 0.29) is 42.7 Å². The average molecular weight is 594 g/mol. The fraction of sp³-hybridized carbons (Fsp3) is 0.417. The van der Waals surface area contributed by atoms with Crippen LogP contribution in [0.4, 0.5) is 11.4 Å². The van der Waals surface area contributed by atoms with Crippen LogP contribution in [0.3, 0.4) is 0 Å². The van der Waals surface area contributed by atoms with Crippen LogP contribution in [0.15, 0.2) is 72.8 Å². The first-order valence-corrected chi connectivity index (χ1v) is 15.8. The number of nitrogens with zero attached hydrogens (tertiary/aromatic N) is 3. The molecular formula is C36H39N3O5. The minimum Gasteiger partial charge on any atom is -0.394 e. The molecule has 4 atom stereocenters. The number of rotatable bonds is 6. The topological polar surface area (TPSA) is 90.4 Å². The highest BCUT2D eigenvalue weighted by atomic mass is 16.5. The maximum absolute atomic E-state index is 14.5. The lowest BCUT2D eigenvalue weighted by molar-refractivity contribution is -0.151. The van der Waals surface area contributed by atoms with Crippen LogP contribution < -0.4 is 9.80 Å². The van der Waals surface area contributed by atoms with E-state index in [4.69, 9.17) is 4.74 Å². The van der Waals surface area contributed by atoms with Gasteiger partial charge in [0.2, 0.25) is 11.8 Å². The first-order valence-electron chi connectivity index (χ1n) is 15.8. The summed E-state index contributed by atoms with van der Waals surface area (Å²) in [5.74, 6) is -0.287. The predicted molar refractivity (Wildman–Crippen MR) is 167 cm³/mol. The second-order valence-corrected chi connectivity index (χ2v) is 12.7. The summed E-state index contributed by atoms with van der Waals surface area (Å²) in [5, 5.41) is 10.1. The molecule has 2 fully saturated rings. The summed E-state index contributed by atoms with van der Waals surface area (Å²) in [7, 11) is 0. The Labute approximate surface area is 258 Å². The van der Waals surface area contributed by atoms with Crippen LogP contribution in [0.5, 0.6) is 0 Å². The Morgan fingerprint density at radius 1 is 1.00 bits per heavy atom. The van der Waals surface area contributed by atoms with Crippen molar-refractivity contribution in [1.29, 1.82) is 0 Å². The second-order valence-electron chi connectivity index (χ2n) is 12.7. The molecule has 8 nitrogen and oxygen atoms in total. The molecule has 228 valence electrons. The summed E-state index contributed by atoms with van der Waals surface area (Å²) < 4.78 is 6.79. The first-order chi connectivity index (χ1) is 21.4. The van der Waals surface area contributed by atoms with E-state index < -0.39 is 11.7 Å². The van der Waals surface area contributed by atoms with Crippen LogP contribution in [-0.2, 0) is 44.2 Å². The van der Waals surface area contributed by atoms with Gasteiger partial charge in [0.15, 0.2) is 5.60 Å². The van der Waals surface area contributed by atoms with Gasteiger partial charge in [-0.05, 0) is 60.6 Å². The molecule has 0 radical (unpaired) electrons. The van der Waals surface area contributed by atoms with Crippen molar-refractivity contribution in [2.24, 2.45) is 5.92 Å². The molecule has 8 heteroatoms. The zero-order valence-electron chi connectivity index (χ0n) is 25.2. The van der Waals surface area contributed by atoms with E-state index in [1.54, 1.807) is 9.80 Å². The standard InChI is InChI=1S/C36H39N3O5/c1-24-17-30(20-34(42)38-22-27-12-6-5-11-26(27)18-29(38)23-40)44-36(24)31-19-28(37-16-8-7-13-33(37)41)14-15-32(31)39(35(36)43)21-25-9-3-2-4-10-25/h2-6,9-12,14-15,19,24,29-30,40H,7-8,13,16-18,20-23H2,1H3/t24-,29+,30-,36+/m1/s1. The van der Waals surface area contributed by atoms with Gasteiger partial charge in [0.25, 0.3) is 5.91 Å². The summed E-state index contributed by atoms with van der Waals surface area (Å²) in [6.07, 6.45) is 3.20. The normalized spacial score (nSPS) is 26.3. The zero-order valence-corrected chi connectivity index (χ0v) is 25.2. The summed E-state index contributed by atoms with van der Waals surface area (Å²) >= 11 is 0. The molecule has 4 aliphatic heterocycles. The van der Waals surface area contributed by atoms with E-state index in [2.05, 4.69) is 6.07 Å². The first kappa shape index (κ1) is 28.7. The summed E-state index contributed by atoms with van der Waals surface area (Å²) in [4.78, 5) is 46.5. The fourth-order valence-electron chi connectivity index (χ4n) is 7.71. The third-order valence-electron chi connectivity index (χ3n) is 10.0. The number of carbonyl (C=O) groups excluding carboxylic acids is 3. The number of fused-ring (bicyclic) bond motifs is 3. The molecule has 4 heterocycles. The maximum atomic E-state index is 14.5. The molecule has 4 aliphatic rings. The van der Waals surface area contributed by atoms with Crippen molar-refractivity contribution in [1.82, 2.24) is 4.90 Å². The molecule has 0 aromatic heterocycles. The van der Waals surface area contributed by atoms with Crippen LogP contribution >= 0.6 is 0 Å². The smallest absolute Gasteiger partial charge is 0.264 e. The Morgan fingerprint density at radius 3 is 2.55 bits per heavy atom. The van der Waals surface area contributed by atoms with E-state index in [1.165, 1.54) is 0 Å². The molecule has 1 spiro atoms. The van der Waals surface area contributed by atoms with Gasteiger partial charge in [-0.25, -0.2) is 0 Å². The van der Waals surface area contributed by atoms with Gasteiger partial charge in [0, 0.05) is 36.7 Å². The maximum Gasteiger partial charge on any atom is 0.264 e. The molecule has 0 bridgehead atoms. The molecule has 0 saturated carbocycles. The number of amides is 3. The lowest BCUT2D eigenvalue weighted by Crippen LogP contribution is -2.47. The molecule has 7 rings (SSSR count). The number of hydrogen-bond donors (Lipinski definition) is 1. The van der Waals surface area contributed by atoms with Crippen molar-refractivity contribution < 1.29 is 24.2 Å². The van der Waals surface area contributed by atoms with E-state index in [0.717, 1.165) is 46.5 Å². The summed E-state index contributed by atoms with van der Waals surface area (Å²) in [6.45, 7) is 3.44. The Morgan fingerprint density at radius 2 is 1.77 bits per heavy atom. The number of ether oxygens (including phenoxy) is 1. The van der Waals surface area contributed by atoms with Gasteiger partial charge in [-0.2, -0.15) is 0 Å². The van der Waals surface area contributed by atoms with Crippen LogP contribution in [0.1, 0.15) is 61.3 Å². The quantitative estimate of drug-likeness (QED) is 0.447. The number of aliphatic hydroxyl groups excluding tert-OH is 1. The molecule has 3 aromatic rings.